The van der Waals surface area contributed by atoms with Crippen molar-refractivity contribution in [3.63, 3.8) is 0 Å². The van der Waals surface area contributed by atoms with E-state index in [0.717, 1.165) is 36.7 Å². The van der Waals surface area contributed by atoms with Gasteiger partial charge < -0.3 is 15.2 Å². The summed E-state index contributed by atoms with van der Waals surface area (Å²) in [6.45, 7) is 1.13. The van der Waals surface area contributed by atoms with Gasteiger partial charge in [-0.1, -0.05) is 0 Å². The van der Waals surface area contributed by atoms with Gasteiger partial charge in [0, 0.05) is 31.8 Å². The number of anilines is 1. The van der Waals surface area contributed by atoms with Crippen LogP contribution in [-0.4, -0.2) is 43.3 Å². The lowest BCUT2D eigenvalue weighted by molar-refractivity contribution is -0.121. The van der Waals surface area contributed by atoms with Gasteiger partial charge in [0.25, 0.3) is 0 Å². The average molecular weight is 426 g/mol. The SMILES string of the molecule is Cn1c(=O)n(CC2CCC(C(=O)Nc3ccncn3)CC2)c2cc(OCC[OH2+])ccc21. The standard InChI is InChI=1S/C22H27N5O4/c1-26-18-7-6-17(31-11-10-28)12-19(18)27(22(26)30)13-15-2-4-16(5-3-15)21(29)25-20-8-9-23-14-24-20/h6-9,12,14-16,28H,2-5,10-11,13H2,1H3,(H,23,24,25,29)/p+1. The highest BCUT2D eigenvalue weighted by molar-refractivity contribution is 5.91. The molecule has 164 valence electrons. The second-order valence-electron chi connectivity index (χ2n) is 8.00. The van der Waals surface area contributed by atoms with Crippen molar-refractivity contribution in [3.8, 4) is 5.75 Å². The predicted octanol–water partition coefficient (Wildman–Crippen LogP) is 1.68. The Labute approximate surface area is 179 Å². The Morgan fingerprint density at radius 2 is 2.03 bits per heavy atom. The Kier molecular flexibility index (Phi) is 6.31. The van der Waals surface area contributed by atoms with Crippen molar-refractivity contribution in [1.82, 2.24) is 19.1 Å². The van der Waals surface area contributed by atoms with E-state index in [1.807, 2.05) is 22.8 Å². The third-order valence-corrected chi connectivity index (χ3v) is 5.98. The molecule has 0 saturated heterocycles. The minimum Gasteiger partial charge on any atom is -0.486 e. The highest BCUT2D eigenvalue weighted by Crippen LogP contribution is 2.31. The maximum Gasteiger partial charge on any atom is 0.328 e. The van der Waals surface area contributed by atoms with Crippen LogP contribution in [0.15, 0.2) is 41.6 Å². The molecule has 3 N–H and O–H groups in total. The minimum atomic E-state index is -0.0451. The molecule has 9 heteroatoms. The molecule has 2 aromatic heterocycles. The molecule has 31 heavy (non-hydrogen) atoms. The number of imidazole rings is 1. The van der Waals surface area contributed by atoms with Gasteiger partial charge in [-0.25, -0.2) is 14.8 Å². The number of hydrogen-bond donors (Lipinski definition) is 1. The largest absolute Gasteiger partial charge is 0.486 e. The molecule has 1 fully saturated rings. The number of aromatic nitrogens is 4. The fourth-order valence-corrected chi connectivity index (χ4v) is 4.28. The van der Waals surface area contributed by atoms with E-state index in [1.54, 1.807) is 23.9 Å². The zero-order valence-electron chi connectivity index (χ0n) is 17.6. The van der Waals surface area contributed by atoms with E-state index in [2.05, 4.69) is 15.3 Å². The first-order valence-corrected chi connectivity index (χ1v) is 10.6. The Bertz CT molecular complexity index is 1100. The topological polar surface area (TPSA) is 114 Å². The number of hydrogen-bond acceptors (Lipinski definition) is 5. The molecule has 0 unspecified atom stereocenters. The lowest BCUT2D eigenvalue weighted by Gasteiger charge is -2.27. The van der Waals surface area contributed by atoms with Crippen LogP contribution in [0.5, 0.6) is 5.75 Å². The third-order valence-electron chi connectivity index (χ3n) is 5.98. The highest BCUT2D eigenvalue weighted by atomic mass is 16.5. The van der Waals surface area contributed by atoms with E-state index in [0.29, 0.717) is 30.6 Å². The highest BCUT2D eigenvalue weighted by Gasteiger charge is 2.27. The van der Waals surface area contributed by atoms with Crippen molar-refractivity contribution in [1.29, 1.82) is 0 Å². The normalized spacial score (nSPS) is 18.8. The maximum absolute atomic E-state index is 12.8. The van der Waals surface area contributed by atoms with Gasteiger partial charge in [0.1, 0.15) is 17.9 Å². The summed E-state index contributed by atoms with van der Waals surface area (Å²) in [6, 6.07) is 7.29. The van der Waals surface area contributed by atoms with Crippen LogP contribution in [0.3, 0.4) is 0 Å². The van der Waals surface area contributed by atoms with Crippen LogP contribution < -0.4 is 15.7 Å². The van der Waals surface area contributed by atoms with Gasteiger partial charge in [-0.2, -0.15) is 0 Å². The zero-order chi connectivity index (χ0) is 21.8. The molecule has 0 radical (unpaired) electrons. The van der Waals surface area contributed by atoms with Crippen LogP contribution in [0.25, 0.3) is 11.0 Å². The number of aryl methyl sites for hydroxylation is 1. The molecule has 2 heterocycles. The molecule has 1 aliphatic carbocycles. The Balaban J connectivity index is 1.42. The molecule has 0 spiro atoms. The molecule has 1 saturated carbocycles. The molecule has 4 rings (SSSR count). The Morgan fingerprint density at radius 1 is 1.23 bits per heavy atom. The molecule has 1 amide bonds. The maximum atomic E-state index is 12.8. The Morgan fingerprint density at radius 3 is 2.74 bits per heavy atom. The van der Waals surface area contributed by atoms with Gasteiger partial charge in [-0.15, -0.1) is 0 Å². The number of benzene rings is 1. The van der Waals surface area contributed by atoms with Crippen molar-refractivity contribution >= 4 is 22.8 Å². The smallest absolute Gasteiger partial charge is 0.328 e. The molecule has 9 nitrogen and oxygen atoms in total. The summed E-state index contributed by atoms with van der Waals surface area (Å²) in [5.41, 5.74) is 1.66. The number of amides is 1. The van der Waals surface area contributed by atoms with Crippen LogP contribution in [0.2, 0.25) is 0 Å². The van der Waals surface area contributed by atoms with E-state index in [1.165, 1.54) is 6.33 Å². The first-order valence-electron chi connectivity index (χ1n) is 10.6. The van der Waals surface area contributed by atoms with Crippen molar-refractivity contribution in [2.24, 2.45) is 18.9 Å². The number of fused-ring (bicyclic) bond motifs is 1. The minimum absolute atomic E-state index is 0.00402. The summed E-state index contributed by atoms with van der Waals surface area (Å²) in [5.74, 6) is 1.48. The fourth-order valence-electron chi connectivity index (χ4n) is 4.28. The summed E-state index contributed by atoms with van der Waals surface area (Å²) < 4.78 is 9.05. The molecule has 3 aromatic rings. The quantitative estimate of drug-likeness (QED) is 0.578. The van der Waals surface area contributed by atoms with Gasteiger partial charge in [0.05, 0.1) is 11.0 Å². The first-order chi connectivity index (χ1) is 15.1. The molecular formula is C22H28N5O4+. The van der Waals surface area contributed by atoms with Crippen molar-refractivity contribution in [2.75, 3.05) is 18.5 Å². The summed E-state index contributed by atoms with van der Waals surface area (Å²) in [7, 11) is 1.78. The van der Waals surface area contributed by atoms with E-state index < -0.39 is 0 Å². The lowest BCUT2D eigenvalue weighted by Crippen LogP contribution is -2.31. The van der Waals surface area contributed by atoms with Crippen LogP contribution in [0.4, 0.5) is 5.82 Å². The van der Waals surface area contributed by atoms with Crippen molar-refractivity contribution < 1.29 is 14.6 Å². The zero-order valence-corrected chi connectivity index (χ0v) is 17.6. The van der Waals surface area contributed by atoms with Crippen LogP contribution in [0, 0.1) is 11.8 Å². The van der Waals surface area contributed by atoms with E-state index in [-0.39, 0.29) is 24.1 Å². The number of rotatable bonds is 7. The van der Waals surface area contributed by atoms with E-state index >= 15 is 0 Å². The predicted molar refractivity (Wildman–Crippen MR) is 117 cm³/mol. The number of nitrogens with zero attached hydrogens (tertiary/aromatic N) is 4. The first kappa shape index (κ1) is 21.0. The van der Waals surface area contributed by atoms with E-state index in [4.69, 9.17) is 9.84 Å². The third kappa shape index (κ3) is 4.61. The molecule has 0 bridgehead atoms. The summed E-state index contributed by atoms with van der Waals surface area (Å²) >= 11 is 0. The van der Waals surface area contributed by atoms with Crippen molar-refractivity contribution in [2.45, 2.75) is 32.2 Å². The van der Waals surface area contributed by atoms with Gasteiger partial charge in [0.2, 0.25) is 5.91 Å². The van der Waals surface area contributed by atoms with Crippen LogP contribution in [-0.2, 0) is 18.4 Å². The monoisotopic (exact) mass is 426 g/mol. The van der Waals surface area contributed by atoms with Crippen LogP contribution in [0.1, 0.15) is 25.7 Å². The molecular weight excluding hydrogens is 398 g/mol. The lowest BCUT2D eigenvalue weighted by atomic mass is 9.81. The fraction of sp³-hybridized carbons (Fsp3) is 0.455. The van der Waals surface area contributed by atoms with Gasteiger partial charge in [0.15, 0.2) is 13.2 Å². The van der Waals surface area contributed by atoms with Crippen molar-refractivity contribution in [3.05, 3.63) is 47.3 Å². The number of ether oxygens (including phenoxy) is 1. The van der Waals surface area contributed by atoms with E-state index in [9.17, 15) is 9.59 Å². The summed E-state index contributed by atoms with van der Waals surface area (Å²) in [5, 5.41) is 10.1. The Hall–Kier alpha value is -3.20. The molecule has 1 aromatic carbocycles. The second kappa shape index (κ2) is 9.30. The van der Waals surface area contributed by atoms with Crippen LogP contribution >= 0.6 is 0 Å². The average Bonchev–Trinajstić information content (AvgIpc) is 3.03. The molecule has 1 aliphatic rings. The van der Waals surface area contributed by atoms with Gasteiger partial charge >= 0.3 is 5.69 Å². The number of carbonyl (C=O) groups excluding carboxylic acids is 1. The summed E-state index contributed by atoms with van der Waals surface area (Å²) in [4.78, 5) is 33.3. The molecule has 0 aliphatic heterocycles. The summed E-state index contributed by atoms with van der Waals surface area (Å²) in [6.07, 6.45) is 6.37. The molecule has 0 atom stereocenters. The second-order valence-corrected chi connectivity index (χ2v) is 8.00. The van der Waals surface area contributed by atoms with Gasteiger partial charge in [-0.05, 0) is 49.8 Å². The number of carbonyl (C=O) groups is 1. The van der Waals surface area contributed by atoms with Gasteiger partial charge in [-0.3, -0.25) is 13.9 Å². The number of nitrogens with one attached hydrogen (secondary N) is 1.